The van der Waals surface area contributed by atoms with Crippen LogP contribution in [0.5, 0.6) is 0 Å². The van der Waals surface area contributed by atoms with E-state index in [0.717, 1.165) is 17.7 Å². The van der Waals surface area contributed by atoms with Crippen LogP contribution in [0.2, 0.25) is 0 Å². The Morgan fingerprint density at radius 2 is 2.00 bits per heavy atom. The van der Waals surface area contributed by atoms with Gasteiger partial charge < -0.3 is 10.8 Å². The van der Waals surface area contributed by atoms with E-state index in [2.05, 4.69) is 13.8 Å². The van der Waals surface area contributed by atoms with E-state index < -0.39 is 0 Å². The van der Waals surface area contributed by atoms with E-state index in [9.17, 15) is 5.11 Å². The van der Waals surface area contributed by atoms with E-state index >= 15 is 0 Å². The van der Waals surface area contributed by atoms with Gasteiger partial charge in [-0.15, -0.1) is 0 Å². The molecule has 2 nitrogen and oxygen atoms in total. The molecule has 0 aromatic heterocycles. The normalized spacial score (nSPS) is 10.9. The van der Waals surface area contributed by atoms with Crippen molar-refractivity contribution >= 4 is 5.69 Å². The highest BCUT2D eigenvalue weighted by molar-refractivity contribution is 5.49. The van der Waals surface area contributed by atoms with Crippen LogP contribution in [0, 0.1) is 12.8 Å². The molecule has 1 rings (SSSR count). The molecule has 0 fully saturated rings. The van der Waals surface area contributed by atoms with Crippen LogP contribution < -0.4 is 5.73 Å². The zero-order valence-electron chi connectivity index (χ0n) is 9.17. The van der Waals surface area contributed by atoms with Crippen molar-refractivity contribution in [1.29, 1.82) is 0 Å². The Kier molecular flexibility index (Phi) is 3.53. The molecule has 1 aromatic rings. The summed E-state index contributed by atoms with van der Waals surface area (Å²) < 4.78 is 0. The molecule has 0 spiro atoms. The van der Waals surface area contributed by atoms with E-state index in [-0.39, 0.29) is 6.61 Å². The molecule has 0 bridgehead atoms. The minimum absolute atomic E-state index is 0.0773. The zero-order valence-corrected chi connectivity index (χ0v) is 9.17. The number of rotatable bonds is 3. The second kappa shape index (κ2) is 4.47. The van der Waals surface area contributed by atoms with Gasteiger partial charge in [-0.1, -0.05) is 13.8 Å². The molecule has 0 radical (unpaired) electrons. The molecule has 0 aliphatic heterocycles. The smallest absolute Gasteiger partial charge is 0.0685 e. The summed E-state index contributed by atoms with van der Waals surface area (Å²) in [4.78, 5) is 0. The lowest BCUT2D eigenvalue weighted by Gasteiger charge is -2.14. The van der Waals surface area contributed by atoms with Gasteiger partial charge in [-0.3, -0.25) is 0 Å². The Morgan fingerprint density at radius 1 is 1.36 bits per heavy atom. The van der Waals surface area contributed by atoms with Crippen LogP contribution in [-0.2, 0) is 13.0 Å². The standard InChI is InChI=1S/C12H19NO/c1-8(2)4-12-9(3)5-11(13)6-10(12)7-14/h5-6,8,14H,4,7,13H2,1-3H3. The number of anilines is 1. The van der Waals surface area contributed by atoms with Crippen LogP contribution >= 0.6 is 0 Å². The number of nitrogens with two attached hydrogens (primary N) is 1. The second-order valence-corrected chi connectivity index (χ2v) is 4.23. The summed E-state index contributed by atoms with van der Waals surface area (Å²) >= 11 is 0. The van der Waals surface area contributed by atoms with Crippen molar-refractivity contribution in [3.8, 4) is 0 Å². The van der Waals surface area contributed by atoms with Crippen LogP contribution in [-0.4, -0.2) is 5.11 Å². The van der Waals surface area contributed by atoms with Crippen LogP contribution in [0.1, 0.15) is 30.5 Å². The van der Waals surface area contributed by atoms with Crippen molar-refractivity contribution in [2.45, 2.75) is 33.8 Å². The summed E-state index contributed by atoms with van der Waals surface area (Å²) in [6.45, 7) is 6.48. The summed E-state index contributed by atoms with van der Waals surface area (Å²) in [6.07, 6.45) is 1.00. The van der Waals surface area contributed by atoms with Crippen molar-refractivity contribution < 1.29 is 5.11 Å². The number of benzene rings is 1. The number of nitrogen functional groups attached to an aromatic ring is 1. The molecule has 0 amide bonds. The van der Waals surface area contributed by atoms with E-state index in [1.54, 1.807) is 0 Å². The third-order valence-corrected chi connectivity index (χ3v) is 2.37. The highest BCUT2D eigenvalue weighted by atomic mass is 16.3. The molecule has 3 N–H and O–H groups in total. The quantitative estimate of drug-likeness (QED) is 0.723. The van der Waals surface area contributed by atoms with Crippen molar-refractivity contribution in [2.24, 2.45) is 5.92 Å². The van der Waals surface area contributed by atoms with Crippen molar-refractivity contribution in [3.63, 3.8) is 0 Å². The van der Waals surface area contributed by atoms with Gasteiger partial charge in [0.2, 0.25) is 0 Å². The second-order valence-electron chi connectivity index (χ2n) is 4.23. The Labute approximate surface area is 85.8 Å². The van der Waals surface area contributed by atoms with Gasteiger partial charge in [0.25, 0.3) is 0 Å². The lowest BCUT2D eigenvalue weighted by molar-refractivity contribution is 0.280. The molecular weight excluding hydrogens is 174 g/mol. The van der Waals surface area contributed by atoms with Gasteiger partial charge in [0.1, 0.15) is 0 Å². The maximum absolute atomic E-state index is 9.22. The Hall–Kier alpha value is -1.02. The first-order valence-electron chi connectivity index (χ1n) is 5.03. The maximum atomic E-state index is 9.22. The van der Waals surface area contributed by atoms with Gasteiger partial charge in [0, 0.05) is 5.69 Å². The Balaban J connectivity index is 3.11. The van der Waals surface area contributed by atoms with E-state index in [1.807, 2.05) is 19.1 Å². The summed E-state index contributed by atoms with van der Waals surface area (Å²) in [5.41, 5.74) is 9.86. The SMILES string of the molecule is Cc1cc(N)cc(CO)c1CC(C)C. The molecule has 14 heavy (non-hydrogen) atoms. The monoisotopic (exact) mass is 193 g/mol. The van der Waals surface area contributed by atoms with Gasteiger partial charge in [0.05, 0.1) is 6.61 Å². The predicted molar refractivity (Wildman–Crippen MR) is 60.1 cm³/mol. The summed E-state index contributed by atoms with van der Waals surface area (Å²) in [7, 11) is 0. The molecule has 2 heteroatoms. The molecule has 0 unspecified atom stereocenters. The number of aliphatic hydroxyl groups excluding tert-OH is 1. The lowest BCUT2D eigenvalue weighted by atomic mass is 9.93. The van der Waals surface area contributed by atoms with Crippen LogP contribution in [0.4, 0.5) is 5.69 Å². The van der Waals surface area contributed by atoms with Gasteiger partial charge in [-0.05, 0) is 48.1 Å². The van der Waals surface area contributed by atoms with E-state index in [4.69, 9.17) is 5.73 Å². The molecule has 78 valence electrons. The third kappa shape index (κ3) is 2.48. The van der Waals surface area contributed by atoms with E-state index in [1.165, 1.54) is 11.1 Å². The molecule has 0 aliphatic carbocycles. The average molecular weight is 193 g/mol. The maximum Gasteiger partial charge on any atom is 0.0685 e. The first-order chi connectivity index (χ1) is 6.54. The summed E-state index contributed by atoms with van der Waals surface area (Å²) in [5.74, 6) is 0.600. The van der Waals surface area contributed by atoms with Crippen molar-refractivity contribution in [2.75, 3.05) is 5.73 Å². The fourth-order valence-corrected chi connectivity index (χ4v) is 1.76. The molecule has 0 atom stereocenters. The first kappa shape index (κ1) is 11.1. The Morgan fingerprint density at radius 3 is 2.50 bits per heavy atom. The minimum atomic E-state index is 0.0773. The highest BCUT2D eigenvalue weighted by Crippen LogP contribution is 2.21. The lowest BCUT2D eigenvalue weighted by Crippen LogP contribution is -2.03. The van der Waals surface area contributed by atoms with Crippen molar-refractivity contribution in [1.82, 2.24) is 0 Å². The Bertz CT molecular complexity index is 318. The zero-order chi connectivity index (χ0) is 10.7. The van der Waals surface area contributed by atoms with Crippen LogP contribution in [0.15, 0.2) is 12.1 Å². The molecule has 0 heterocycles. The van der Waals surface area contributed by atoms with Crippen molar-refractivity contribution in [3.05, 3.63) is 28.8 Å². The fraction of sp³-hybridized carbons (Fsp3) is 0.500. The first-order valence-corrected chi connectivity index (χ1v) is 5.03. The summed E-state index contributed by atoms with van der Waals surface area (Å²) in [5, 5.41) is 9.22. The van der Waals surface area contributed by atoms with Crippen LogP contribution in [0.3, 0.4) is 0 Å². The summed E-state index contributed by atoms with van der Waals surface area (Å²) in [6, 6.07) is 3.83. The molecular formula is C12H19NO. The fourth-order valence-electron chi connectivity index (χ4n) is 1.76. The van der Waals surface area contributed by atoms with Gasteiger partial charge in [-0.2, -0.15) is 0 Å². The van der Waals surface area contributed by atoms with Crippen LogP contribution in [0.25, 0.3) is 0 Å². The minimum Gasteiger partial charge on any atom is -0.399 e. The molecule has 1 aromatic carbocycles. The number of hydrogen-bond donors (Lipinski definition) is 2. The van der Waals surface area contributed by atoms with Gasteiger partial charge in [0.15, 0.2) is 0 Å². The molecule has 0 saturated heterocycles. The average Bonchev–Trinajstić information content (AvgIpc) is 2.08. The highest BCUT2D eigenvalue weighted by Gasteiger charge is 2.08. The third-order valence-electron chi connectivity index (χ3n) is 2.37. The molecule has 0 saturated carbocycles. The number of aryl methyl sites for hydroxylation is 1. The van der Waals surface area contributed by atoms with Gasteiger partial charge in [-0.25, -0.2) is 0 Å². The largest absolute Gasteiger partial charge is 0.399 e. The predicted octanol–water partition coefficient (Wildman–Crippen LogP) is 2.27. The van der Waals surface area contributed by atoms with E-state index in [0.29, 0.717) is 5.92 Å². The number of aliphatic hydroxyl groups is 1. The number of hydrogen-bond acceptors (Lipinski definition) is 2. The van der Waals surface area contributed by atoms with Gasteiger partial charge >= 0.3 is 0 Å². The topological polar surface area (TPSA) is 46.2 Å². The molecule has 0 aliphatic rings.